The van der Waals surface area contributed by atoms with Crippen LogP contribution in [0.2, 0.25) is 5.22 Å². The second-order valence-electron chi connectivity index (χ2n) is 11.3. The van der Waals surface area contributed by atoms with E-state index < -0.39 is 64.2 Å². The van der Waals surface area contributed by atoms with Gasteiger partial charge in [-0.3, -0.25) is 9.59 Å². The first-order valence-electron chi connectivity index (χ1n) is 12.2. The molecule has 0 radical (unpaired) electrons. The van der Waals surface area contributed by atoms with Gasteiger partial charge in [-0.2, -0.15) is 5.06 Å². The van der Waals surface area contributed by atoms with Gasteiger partial charge in [0.25, 0.3) is 0 Å². The van der Waals surface area contributed by atoms with Crippen LogP contribution in [0, 0.1) is 34.5 Å². The molecule has 0 saturated heterocycles. The average Bonchev–Trinajstić information content (AvgIpc) is 3.31. The van der Waals surface area contributed by atoms with Crippen molar-refractivity contribution in [2.75, 3.05) is 6.54 Å². The summed E-state index contributed by atoms with van der Waals surface area (Å²) < 4.78 is 38.0. The zero-order chi connectivity index (χ0) is 26.2. The number of carboxylic acid groups (broad SMARTS) is 1. The van der Waals surface area contributed by atoms with Gasteiger partial charge in [-0.25, -0.2) is 8.78 Å². The van der Waals surface area contributed by atoms with Crippen molar-refractivity contribution in [2.24, 2.45) is 34.5 Å². The third kappa shape index (κ3) is 3.54. The standard InChI is InChI=1S/C26H30ClF2NO6/c1-24-10-20(32)26(29)17(9-19(28)18-8-14(31)5-6-25(18,26)2)16(24)7-13(22(24)23(33)34)11-30(35)12-15-3-4-21(27)36-15/h3-6,8,13,16-17,19-20,22,32,35H,7,9-12H2,1-2H3,(H,33,34)/t13-,16?,17-,19-,20-,22+,24-,25-,26-/m0/s1. The minimum absolute atomic E-state index is 0.0202. The number of alkyl halides is 2. The number of rotatable bonds is 5. The summed E-state index contributed by atoms with van der Waals surface area (Å²) in [6.07, 6.45) is 0.429. The first-order chi connectivity index (χ1) is 16.8. The molecule has 36 heavy (non-hydrogen) atoms. The number of furan rings is 1. The van der Waals surface area contributed by atoms with Gasteiger partial charge in [0.05, 0.1) is 18.6 Å². The summed E-state index contributed by atoms with van der Waals surface area (Å²) in [5.74, 6) is -4.20. The number of aliphatic hydroxyl groups excluding tert-OH is 1. The topological polar surface area (TPSA) is 111 Å². The Labute approximate surface area is 212 Å². The van der Waals surface area contributed by atoms with Crippen LogP contribution in [-0.4, -0.2) is 56.7 Å². The van der Waals surface area contributed by atoms with Crippen LogP contribution in [0.3, 0.4) is 0 Å². The molecule has 0 spiro atoms. The summed E-state index contributed by atoms with van der Waals surface area (Å²) in [6, 6.07) is 3.13. The maximum Gasteiger partial charge on any atom is 0.307 e. The van der Waals surface area contributed by atoms with Crippen LogP contribution in [0.15, 0.2) is 40.4 Å². The van der Waals surface area contributed by atoms with Gasteiger partial charge < -0.3 is 19.8 Å². The predicted octanol–water partition coefficient (Wildman–Crippen LogP) is 4.37. The number of carboxylic acids is 1. The molecular weight excluding hydrogens is 496 g/mol. The van der Waals surface area contributed by atoms with Crippen molar-refractivity contribution in [3.05, 3.63) is 46.9 Å². The number of hydrogen-bond acceptors (Lipinski definition) is 6. The molecule has 4 aliphatic carbocycles. The summed E-state index contributed by atoms with van der Waals surface area (Å²) in [5, 5.41) is 33.2. The highest BCUT2D eigenvalue weighted by molar-refractivity contribution is 6.28. The van der Waals surface area contributed by atoms with Gasteiger partial charge >= 0.3 is 5.97 Å². The van der Waals surface area contributed by atoms with E-state index in [0.717, 1.165) is 11.1 Å². The van der Waals surface area contributed by atoms with Gasteiger partial charge in [-0.15, -0.1) is 0 Å². The average molecular weight is 526 g/mol. The third-order valence-corrected chi connectivity index (χ3v) is 9.68. The Kier molecular flexibility index (Phi) is 6.02. The van der Waals surface area contributed by atoms with Gasteiger partial charge in [0.1, 0.15) is 11.9 Å². The van der Waals surface area contributed by atoms with Crippen molar-refractivity contribution < 1.29 is 38.2 Å². The number of aliphatic carboxylic acids is 1. The van der Waals surface area contributed by atoms with Crippen molar-refractivity contribution in [3.8, 4) is 0 Å². The lowest BCUT2D eigenvalue weighted by Gasteiger charge is -2.62. The van der Waals surface area contributed by atoms with Crippen LogP contribution in [0.4, 0.5) is 8.78 Å². The molecule has 1 unspecified atom stereocenters. The molecule has 1 heterocycles. The van der Waals surface area contributed by atoms with E-state index in [2.05, 4.69) is 0 Å². The summed E-state index contributed by atoms with van der Waals surface area (Å²) in [4.78, 5) is 24.5. The number of ketones is 1. The van der Waals surface area contributed by atoms with Crippen molar-refractivity contribution in [1.29, 1.82) is 0 Å². The molecule has 3 N–H and O–H groups in total. The maximum atomic E-state index is 17.2. The SMILES string of the molecule is C[C@]12C[C@H](O)[C@@]3(F)[C@@H](C[C@H](F)C4=CC(=O)C=C[C@@]43C)C1C[C@@H](CN(O)Cc1ccc(Cl)o1)[C@@H]2C(=O)O. The van der Waals surface area contributed by atoms with Crippen molar-refractivity contribution in [3.63, 3.8) is 0 Å². The first-order valence-corrected chi connectivity index (χ1v) is 12.6. The van der Waals surface area contributed by atoms with E-state index in [1.165, 1.54) is 25.1 Å². The van der Waals surface area contributed by atoms with Crippen LogP contribution < -0.4 is 0 Å². The van der Waals surface area contributed by atoms with Crippen molar-refractivity contribution in [2.45, 2.75) is 57.6 Å². The lowest BCUT2D eigenvalue weighted by Crippen LogP contribution is -2.68. The van der Waals surface area contributed by atoms with Crippen molar-refractivity contribution >= 4 is 23.4 Å². The summed E-state index contributed by atoms with van der Waals surface area (Å²) in [7, 11) is 0. The van der Waals surface area contributed by atoms with E-state index in [9.17, 15) is 25.0 Å². The number of hydroxylamine groups is 2. The van der Waals surface area contributed by atoms with Crippen LogP contribution in [0.5, 0.6) is 0 Å². The number of carbonyl (C=O) groups excluding carboxylic acids is 1. The Balaban J connectivity index is 1.49. The smallest absolute Gasteiger partial charge is 0.307 e. The van der Waals surface area contributed by atoms with Crippen LogP contribution in [0.1, 0.15) is 38.9 Å². The fourth-order valence-corrected chi connectivity index (χ4v) is 8.16. The van der Waals surface area contributed by atoms with E-state index in [-0.39, 0.29) is 43.1 Å². The molecule has 5 rings (SSSR count). The fourth-order valence-electron chi connectivity index (χ4n) is 8.00. The largest absolute Gasteiger partial charge is 0.481 e. The quantitative estimate of drug-likeness (QED) is 0.489. The summed E-state index contributed by atoms with van der Waals surface area (Å²) >= 11 is 5.79. The molecule has 3 saturated carbocycles. The molecule has 10 heteroatoms. The van der Waals surface area contributed by atoms with Crippen molar-refractivity contribution in [1.82, 2.24) is 5.06 Å². The predicted molar refractivity (Wildman–Crippen MR) is 125 cm³/mol. The van der Waals surface area contributed by atoms with Gasteiger partial charge in [0, 0.05) is 17.9 Å². The molecule has 0 aliphatic heterocycles. The third-order valence-electron chi connectivity index (χ3n) is 9.48. The molecule has 0 bridgehead atoms. The fraction of sp³-hybridized carbons (Fsp3) is 0.615. The number of fused-ring (bicyclic) bond motifs is 5. The van der Waals surface area contributed by atoms with Gasteiger partial charge in [-0.1, -0.05) is 13.0 Å². The Morgan fingerprint density at radius 2 is 2.00 bits per heavy atom. The number of hydrogen-bond donors (Lipinski definition) is 3. The lowest BCUT2D eigenvalue weighted by atomic mass is 9.45. The van der Waals surface area contributed by atoms with E-state index in [4.69, 9.17) is 16.0 Å². The molecule has 9 atom stereocenters. The van der Waals surface area contributed by atoms with Gasteiger partial charge in [0.2, 0.25) is 0 Å². The molecular formula is C26H30ClF2NO6. The normalized spacial score (nSPS) is 43.7. The highest BCUT2D eigenvalue weighted by Crippen LogP contribution is 2.70. The zero-order valence-electron chi connectivity index (χ0n) is 20.0. The van der Waals surface area contributed by atoms with E-state index in [1.807, 2.05) is 0 Å². The van der Waals surface area contributed by atoms with Gasteiger partial charge in [-0.05, 0) is 84.9 Å². The molecule has 0 amide bonds. The Bertz CT molecular complexity index is 1150. The summed E-state index contributed by atoms with van der Waals surface area (Å²) in [5.41, 5.74) is -4.79. The number of nitrogens with zero attached hydrogens (tertiary/aromatic N) is 1. The monoisotopic (exact) mass is 525 g/mol. The van der Waals surface area contributed by atoms with E-state index in [1.54, 1.807) is 13.0 Å². The first kappa shape index (κ1) is 25.6. The second-order valence-corrected chi connectivity index (χ2v) is 11.7. The highest BCUT2D eigenvalue weighted by Gasteiger charge is 2.73. The second kappa shape index (κ2) is 8.48. The van der Waals surface area contributed by atoms with Gasteiger partial charge in [0.15, 0.2) is 16.7 Å². The molecule has 4 aliphatic rings. The number of allylic oxidation sites excluding steroid dienone is 4. The number of halogens is 3. The minimum Gasteiger partial charge on any atom is -0.481 e. The Morgan fingerprint density at radius 3 is 2.64 bits per heavy atom. The van der Waals surface area contributed by atoms with Crippen LogP contribution >= 0.6 is 11.6 Å². The molecule has 7 nitrogen and oxygen atoms in total. The summed E-state index contributed by atoms with van der Waals surface area (Å²) in [6.45, 7) is 3.19. The Hall–Kier alpha value is -2.07. The number of carbonyl (C=O) groups is 2. The van der Waals surface area contributed by atoms with Crippen LogP contribution in [-0.2, 0) is 16.1 Å². The maximum absolute atomic E-state index is 17.2. The van der Waals surface area contributed by atoms with E-state index >= 15 is 8.78 Å². The van der Waals surface area contributed by atoms with Crippen LogP contribution in [0.25, 0.3) is 0 Å². The lowest BCUT2D eigenvalue weighted by molar-refractivity contribution is -0.204. The molecule has 196 valence electrons. The zero-order valence-corrected chi connectivity index (χ0v) is 20.8. The Morgan fingerprint density at radius 1 is 1.28 bits per heavy atom. The highest BCUT2D eigenvalue weighted by atomic mass is 35.5. The minimum atomic E-state index is -2.27. The molecule has 3 fully saturated rings. The van der Waals surface area contributed by atoms with E-state index in [0.29, 0.717) is 5.76 Å². The number of aliphatic hydroxyl groups is 1. The molecule has 0 aromatic carbocycles. The molecule has 1 aromatic rings. The molecule has 1 aromatic heterocycles.